The Hall–Kier alpha value is -2.68. The van der Waals surface area contributed by atoms with Gasteiger partial charge in [0.15, 0.2) is 5.82 Å². The summed E-state index contributed by atoms with van der Waals surface area (Å²) in [4.78, 5) is 31.2. The van der Waals surface area contributed by atoms with Crippen molar-refractivity contribution in [2.75, 3.05) is 18.0 Å². The summed E-state index contributed by atoms with van der Waals surface area (Å²) >= 11 is 1.58. The van der Waals surface area contributed by atoms with Crippen LogP contribution < -0.4 is 15.9 Å². The Kier molecular flexibility index (Phi) is 3.77. The van der Waals surface area contributed by atoms with E-state index in [0.717, 1.165) is 17.8 Å². The van der Waals surface area contributed by atoms with Crippen LogP contribution in [-0.4, -0.2) is 44.6 Å². The number of nitrogens with one attached hydrogen (secondary N) is 2. The second-order valence-electron chi connectivity index (χ2n) is 5.73. The molecule has 1 aliphatic heterocycles. The first-order valence-corrected chi connectivity index (χ1v) is 8.57. The molecule has 3 aromatic rings. The van der Waals surface area contributed by atoms with Crippen molar-refractivity contribution in [1.29, 1.82) is 0 Å². The number of aromatic amines is 1. The highest BCUT2D eigenvalue weighted by molar-refractivity contribution is 7.10. The molecule has 4 rings (SSSR count). The maximum Gasteiger partial charge on any atom is 0.347 e. The van der Waals surface area contributed by atoms with Gasteiger partial charge in [0, 0.05) is 36.4 Å². The molecule has 24 heavy (non-hydrogen) atoms. The summed E-state index contributed by atoms with van der Waals surface area (Å²) in [6.07, 6.45) is 4.42. The van der Waals surface area contributed by atoms with E-state index >= 15 is 0 Å². The first-order chi connectivity index (χ1) is 11.7. The fourth-order valence-electron chi connectivity index (χ4n) is 2.97. The van der Waals surface area contributed by atoms with Crippen LogP contribution in [0.1, 0.15) is 11.3 Å². The predicted octanol–water partition coefficient (Wildman–Crippen LogP) is 0.417. The lowest BCUT2D eigenvalue weighted by molar-refractivity contribution is -0.120. The Balaban J connectivity index is 1.44. The molecule has 2 N–H and O–H groups in total. The van der Waals surface area contributed by atoms with Gasteiger partial charge in [-0.3, -0.25) is 4.79 Å². The molecule has 1 fully saturated rings. The zero-order valence-corrected chi connectivity index (χ0v) is 13.6. The van der Waals surface area contributed by atoms with Crippen LogP contribution in [0.5, 0.6) is 0 Å². The van der Waals surface area contributed by atoms with Crippen LogP contribution in [0, 0.1) is 0 Å². The third kappa shape index (κ3) is 2.78. The van der Waals surface area contributed by atoms with Gasteiger partial charge in [-0.1, -0.05) is 6.07 Å². The molecule has 124 valence electrons. The number of rotatable bonds is 4. The lowest BCUT2D eigenvalue weighted by Crippen LogP contribution is -2.38. The van der Waals surface area contributed by atoms with Crippen molar-refractivity contribution in [3.63, 3.8) is 0 Å². The number of thiophene rings is 1. The van der Waals surface area contributed by atoms with Crippen LogP contribution in [0.15, 0.2) is 34.7 Å². The van der Waals surface area contributed by atoms with Gasteiger partial charge in [-0.2, -0.15) is 0 Å². The molecule has 1 amide bonds. The van der Waals surface area contributed by atoms with Gasteiger partial charge >= 0.3 is 5.69 Å². The summed E-state index contributed by atoms with van der Waals surface area (Å²) in [5.41, 5.74) is 0.224. The van der Waals surface area contributed by atoms with E-state index in [1.807, 2.05) is 22.4 Å². The topological polar surface area (TPSA) is 95.4 Å². The van der Waals surface area contributed by atoms with E-state index < -0.39 is 0 Å². The Morgan fingerprint density at radius 2 is 2.42 bits per heavy atom. The summed E-state index contributed by atoms with van der Waals surface area (Å²) in [6, 6.07) is 3.98. The van der Waals surface area contributed by atoms with E-state index in [-0.39, 0.29) is 17.6 Å². The monoisotopic (exact) mass is 344 g/mol. The Morgan fingerprint density at radius 3 is 3.25 bits per heavy atom. The maximum absolute atomic E-state index is 12.1. The standard InChI is InChI=1S/C15H16N6O2S/c22-12(8-11-2-1-7-24-11)17-10-3-5-20(9-10)13-14-18-19-15(23)21(14)6-4-16-13/h1-2,4,6-7,10H,3,5,8-9H2,(H,17,22)(H,19,23). The minimum Gasteiger partial charge on any atom is -0.351 e. The normalized spacial score (nSPS) is 17.5. The molecule has 8 nitrogen and oxygen atoms in total. The largest absolute Gasteiger partial charge is 0.351 e. The second kappa shape index (κ2) is 6.08. The third-order valence-electron chi connectivity index (χ3n) is 4.08. The lowest BCUT2D eigenvalue weighted by atomic mass is 10.2. The van der Waals surface area contributed by atoms with Crippen molar-refractivity contribution in [2.45, 2.75) is 18.9 Å². The molecule has 0 saturated carbocycles. The quantitative estimate of drug-likeness (QED) is 0.715. The van der Waals surface area contributed by atoms with Crippen LogP contribution in [0.3, 0.4) is 0 Å². The molecular weight excluding hydrogens is 328 g/mol. The van der Waals surface area contributed by atoms with Gasteiger partial charge in [0.2, 0.25) is 11.6 Å². The van der Waals surface area contributed by atoms with Gasteiger partial charge in [0.05, 0.1) is 6.42 Å². The summed E-state index contributed by atoms with van der Waals surface area (Å²) in [5.74, 6) is 0.692. The number of anilines is 1. The van der Waals surface area contributed by atoms with Gasteiger partial charge < -0.3 is 10.2 Å². The summed E-state index contributed by atoms with van der Waals surface area (Å²) < 4.78 is 1.44. The van der Waals surface area contributed by atoms with Crippen molar-refractivity contribution < 1.29 is 4.79 Å². The smallest absolute Gasteiger partial charge is 0.347 e. The molecule has 1 saturated heterocycles. The number of amides is 1. The second-order valence-corrected chi connectivity index (χ2v) is 6.76. The van der Waals surface area contributed by atoms with E-state index in [0.29, 0.717) is 24.4 Å². The minimum absolute atomic E-state index is 0.0338. The Labute approximate surface area is 141 Å². The summed E-state index contributed by atoms with van der Waals surface area (Å²) in [5, 5.41) is 11.5. The molecule has 3 aromatic heterocycles. The number of carbonyl (C=O) groups is 1. The average Bonchev–Trinajstić information content (AvgIpc) is 3.30. The number of fused-ring (bicyclic) bond motifs is 1. The van der Waals surface area contributed by atoms with Crippen molar-refractivity contribution in [3.8, 4) is 0 Å². The number of H-pyrrole nitrogens is 1. The minimum atomic E-state index is -0.284. The van der Waals surface area contributed by atoms with Gasteiger partial charge in [-0.25, -0.2) is 19.3 Å². The first-order valence-electron chi connectivity index (χ1n) is 7.69. The number of carbonyl (C=O) groups excluding carboxylic acids is 1. The van der Waals surface area contributed by atoms with E-state index in [4.69, 9.17) is 0 Å². The third-order valence-corrected chi connectivity index (χ3v) is 4.96. The van der Waals surface area contributed by atoms with Crippen molar-refractivity contribution in [3.05, 3.63) is 45.3 Å². The van der Waals surface area contributed by atoms with E-state index in [1.54, 1.807) is 23.7 Å². The lowest BCUT2D eigenvalue weighted by Gasteiger charge is -2.18. The van der Waals surface area contributed by atoms with Crippen LogP contribution in [-0.2, 0) is 11.2 Å². The molecule has 0 bridgehead atoms. The maximum atomic E-state index is 12.1. The Bertz CT molecular complexity index is 916. The molecule has 0 radical (unpaired) electrons. The Morgan fingerprint density at radius 1 is 1.50 bits per heavy atom. The number of nitrogens with zero attached hydrogens (tertiary/aromatic N) is 4. The summed E-state index contributed by atoms with van der Waals surface area (Å²) in [7, 11) is 0. The van der Waals surface area contributed by atoms with Crippen LogP contribution in [0.25, 0.3) is 5.65 Å². The molecule has 0 spiro atoms. The van der Waals surface area contributed by atoms with Gasteiger partial charge in [-0.05, 0) is 17.9 Å². The zero-order chi connectivity index (χ0) is 16.5. The molecule has 4 heterocycles. The molecule has 0 aromatic carbocycles. The fourth-order valence-corrected chi connectivity index (χ4v) is 3.68. The van der Waals surface area contributed by atoms with Gasteiger partial charge in [-0.15, -0.1) is 16.4 Å². The molecule has 0 aliphatic carbocycles. The average molecular weight is 344 g/mol. The van der Waals surface area contributed by atoms with Gasteiger partial charge in [0.25, 0.3) is 0 Å². The number of aromatic nitrogens is 4. The predicted molar refractivity (Wildman–Crippen MR) is 90.4 cm³/mol. The van der Waals surface area contributed by atoms with Crippen molar-refractivity contribution in [1.82, 2.24) is 24.9 Å². The highest BCUT2D eigenvalue weighted by Gasteiger charge is 2.27. The fraction of sp³-hybridized carbons (Fsp3) is 0.333. The van der Waals surface area contributed by atoms with Crippen LogP contribution >= 0.6 is 11.3 Å². The molecular formula is C15H16N6O2S. The first kappa shape index (κ1) is 14.9. The highest BCUT2D eigenvalue weighted by atomic mass is 32.1. The van der Waals surface area contributed by atoms with Crippen molar-refractivity contribution >= 4 is 28.7 Å². The highest BCUT2D eigenvalue weighted by Crippen LogP contribution is 2.21. The number of hydrogen-bond donors (Lipinski definition) is 2. The number of hydrogen-bond acceptors (Lipinski definition) is 6. The zero-order valence-electron chi connectivity index (χ0n) is 12.8. The molecule has 9 heteroatoms. The molecule has 1 aliphatic rings. The SMILES string of the molecule is O=C(Cc1cccs1)NC1CCN(c2nccn3c(=O)[nH]nc23)C1. The summed E-state index contributed by atoms with van der Waals surface area (Å²) in [6.45, 7) is 1.42. The molecule has 1 atom stereocenters. The van der Waals surface area contributed by atoms with E-state index in [1.165, 1.54) is 4.40 Å². The van der Waals surface area contributed by atoms with E-state index in [2.05, 4.69) is 20.5 Å². The van der Waals surface area contributed by atoms with Crippen LogP contribution in [0.2, 0.25) is 0 Å². The van der Waals surface area contributed by atoms with Crippen molar-refractivity contribution in [2.24, 2.45) is 0 Å². The molecule has 1 unspecified atom stereocenters. The van der Waals surface area contributed by atoms with Crippen LogP contribution in [0.4, 0.5) is 5.82 Å². The van der Waals surface area contributed by atoms with Gasteiger partial charge in [0.1, 0.15) is 0 Å². The van der Waals surface area contributed by atoms with E-state index in [9.17, 15) is 9.59 Å².